The molecule has 5 N–H and O–H groups in total. The molecule has 4 rings (SSSR count). The fraction of sp³-hybridized carbons (Fsp3) is 0.333. The third-order valence-electron chi connectivity index (χ3n) is 5.30. The average molecular weight is 423 g/mol. The molecule has 1 unspecified atom stereocenters. The molecule has 10 nitrogen and oxygen atoms in total. The Morgan fingerprint density at radius 3 is 2.77 bits per heavy atom. The Morgan fingerprint density at radius 2 is 2.13 bits per heavy atom. The molecular formula is C21H25N7O3. The van der Waals surface area contributed by atoms with Crippen LogP contribution in [0.4, 0.5) is 17.5 Å². The zero-order valence-electron chi connectivity index (χ0n) is 17.2. The van der Waals surface area contributed by atoms with Crippen LogP contribution in [-0.4, -0.2) is 52.8 Å². The molecule has 1 amide bonds. The van der Waals surface area contributed by atoms with Crippen LogP contribution in [0.25, 0.3) is 11.0 Å². The van der Waals surface area contributed by atoms with Gasteiger partial charge in [0.25, 0.3) is 5.91 Å². The van der Waals surface area contributed by atoms with E-state index in [0.29, 0.717) is 37.9 Å². The first-order chi connectivity index (χ1) is 15.0. The predicted octanol–water partition coefficient (Wildman–Crippen LogP) is 0.619. The smallest absolute Gasteiger partial charge is 0.256 e. The number of para-hydroxylation sites is 1. The Hall–Kier alpha value is -3.50. The van der Waals surface area contributed by atoms with Gasteiger partial charge in [-0.05, 0) is 19.1 Å². The van der Waals surface area contributed by atoms with E-state index in [1.165, 1.54) is 6.20 Å². The Balaban J connectivity index is 1.86. The Bertz CT molecular complexity index is 1160. The van der Waals surface area contributed by atoms with Gasteiger partial charge in [0.05, 0.1) is 18.6 Å². The first kappa shape index (κ1) is 20.8. The van der Waals surface area contributed by atoms with E-state index in [0.717, 1.165) is 12.2 Å². The summed E-state index contributed by atoms with van der Waals surface area (Å²) in [6, 6.07) is 9.83. The maximum Gasteiger partial charge on any atom is 0.256 e. The van der Waals surface area contributed by atoms with E-state index in [2.05, 4.69) is 15.3 Å². The summed E-state index contributed by atoms with van der Waals surface area (Å²) in [5, 5.41) is 3.63. The lowest BCUT2D eigenvalue weighted by Gasteiger charge is -2.31. The molecule has 10 heteroatoms. The number of morpholine rings is 1. The van der Waals surface area contributed by atoms with E-state index >= 15 is 0 Å². The van der Waals surface area contributed by atoms with E-state index < -0.39 is 11.3 Å². The van der Waals surface area contributed by atoms with E-state index in [-0.39, 0.29) is 22.8 Å². The monoisotopic (exact) mass is 423 g/mol. The highest BCUT2D eigenvalue weighted by Gasteiger charge is 2.24. The van der Waals surface area contributed by atoms with Crippen molar-refractivity contribution in [1.82, 2.24) is 19.9 Å². The molecule has 1 saturated heterocycles. The van der Waals surface area contributed by atoms with Gasteiger partial charge in [0.15, 0.2) is 5.65 Å². The number of carbonyl (C=O) groups excluding carboxylic acids is 1. The number of nitrogens with one attached hydrogen (secondary N) is 1. The molecule has 2 aromatic heterocycles. The van der Waals surface area contributed by atoms with Gasteiger partial charge in [-0.3, -0.25) is 9.59 Å². The first-order valence-electron chi connectivity index (χ1n) is 10.1. The number of nitrogens with two attached hydrogens (primary N) is 2. The molecule has 0 radical (unpaired) electrons. The largest absolute Gasteiger partial charge is 0.384 e. The van der Waals surface area contributed by atoms with Crippen molar-refractivity contribution >= 4 is 34.4 Å². The van der Waals surface area contributed by atoms with Crippen LogP contribution in [0.1, 0.15) is 17.3 Å². The minimum atomic E-state index is -0.870. The Labute approximate surface area is 178 Å². The third-order valence-corrected chi connectivity index (χ3v) is 5.30. The van der Waals surface area contributed by atoms with Crippen molar-refractivity contribution in [2.24, 2.45) is 5.73 Å². The summed E-state index contributed by atoms with van der Waals surface area (Å²) in [6.45, 7) is 4.85. The molecule has 0 aliphatic carbocycles. The molecule has 1 aliphatic rings. The summed E-state index contributed by atoms with van der Waals surface area (Å²) in [5.41, 5.74) is 12.0. The standard InChI is InChI=1S/C21H25N7O3/c1-2-27-18(22)16(19(23)30)17(29)15-10-25-21(26-20(15)27)28(14-6-4-3-5-7-14)11-13-12-31-9-8-24-13/h3-7,10,13,24H,2,8-9,11-12,22H2,1H3,(H2,23,30). The number of ether oxygens (including phenoxy) is 1. The van der Waals surface area contributed by atoms with E-state index in [1.807, 2.05) is 42.2 Å². The Kier molecular flexibility index (Phi) is 5.83. The van der Waals surface area contributed by atoms with Gasteiger partial charge < -0.3 is 31.0 Å². The molecule has 1 aliphatic heterocycles. The lowest BCUT2D eigenvalue weighted by Crippen LogP contribution is -2.47. The summed E-state index contributed by atoms with van der Waals surface area (Å²) in [5.74, 6) is -0.449. The second-order valence-corrected chi connectivity index (χ2v) is 7.28. The summed E-state index contributed by atoms with van der Waals surface area (Å²) in [4.78, 5) is 35.7. The van der Waals surface area contributed by atoms with Crippen LogP contribution in [0.2, 0.25) is 0 Å². The van der Waals surface area contributed by atoms with Gasteiger partial charge in [0, 0.05) is 37.6 Å². The highest BCUT2D eigenvalue weighted by atomic mass is 16.5. The molecule has 31 heavy (non-hydrogen) atoms. The summed E-state index contributed by atoms with van der Waals surface area (Å²) >= 11 is 0. The highest BCUT2D eigenvalue weighted by Crippen LogP contribution is 2.25. The summed E-state index contributed by atoms with van der Waals surface area (Å²) in [6.07, 6.45) is 1.43. The minimum Gasteiger partial charge on any atom is -0.384 e. The van der Waals surface area contributed by atoms with Gasteiger partial charge in [-0.25, -0.2) is 4.98 Å². The molecule has 3 aromatic rings. The van der Waals surface area contributed by atoms with Crippen LogP contribution in [0.15, 0.2) is 41.3 Å². The maximum atomic E-state index is 12.8. The number of rotatable bonds is 6. The van der Waals surface area contributed by atoms with Crippen molar-refractivity contribution in [1.29, 1.82) is 0 Å². The fourth-order valence-corrected chi connectivity index (χ4v) is 3.79. The van der Waals surface area contributed by atoms with Gasteiger partial charge in [-0.1, -0.05) is 18.2 Å². The van der Waals surface area contributed by atoms with Gasteiger partial charge in [-0.15, -0.1) is 0 Å². The van der Waals surface area contributed by atoms with Crippen molar-refractivity contribution in [2.75, 3.05) is 36.9 Å². The molecule has 0 spiro atoms. The number of pyridine rings is 1. The van der Waals surface area contributed by atoms with E-state index in [1.54, 1.807) is 4.57 Å². The zero-order chi connectivity index (χ0) is 22.0. The van der Waals surface area contributed by atoms with Gasteiger partial charge in [0.2, 0.25) is 11.4 Å². The van der Waals surface area contributed by atoms with E-state index in [4.69, 9.17) is 16.2 Å². The number of benzene rings is 1. The van der Waals surface area contributed by atoms with Crippen LogP contribution in [0, 0.1) is 0 Å². The van der Waals surface area contributed by atoms with Gasteiger partial charge in [-0.2, -0.15) is 4.98 Å². The molecule has 1 fully saturated rings. The number of aryl methyl sites for hydroxylation is 1. The topological polar surface area (TPSA) is 141 Å². The summed E-state index contributed by atoms with van der Waals surface area (Å²) in [7, 11) is 0. The SMILES string of the molecule is CCn1c(N)c(C(N)=O)c(=O)c2cnc(N(CC3COCCN3)c3ccccc3)nc21. The average Bonchev–Trinajstić information content (AvgIpc) is 2.78. The predicted molar refractivity (Wildman–Crippen MR) is 118 cm³/mol. The van der Waals surface area contributed by atoms with Crippen LogP contribution in [0.5, 0.6) is 0 Å². The van der Waals surface area contributed by atoms with Crippen molar-refractivity contribution in [2.45, 2.75) is 19.5 Å². The molecule has 1 aromatic carbocycles. The highest BCUT2D eigenvalue weighted by molar-refractivity contribution is 6.00. The molecule has 162 valence electrons. The number of hydrogen-bond acceptors (Lipinski definition) is 8. The fourth-order valence-electron chi connectivity index (χ4n) is 3.79. The van der Waals surface area contributed by atoms with Gasteiger partial charge in [0.1, 0.15) is 11.4 Å². The quantitative estimate of drug-likeness (QED) is 0.524. The lowest BCUT2D eigenvalue weighted by molar-refractivity contribution is 0.0793. The first-order valence-corrected chi connectivity index (χ1v) is 10.1. The molecule has 1 atom stereocenters. The number of hydrogen-bond donors (Lipinski definition) is 3. The van der Waals surface area contributed by atoms with Crippen LogP contribution >= 0.6 is 0 Å². The number of anilines is 3. The van der Waals surface area contributed by atoms with Crippen molar-refractivity contribution in [3.8, 4) is 0 Å². The van der Waals surface area contributed by atoms with Crippen LogP contribution in [0.3, 0.4) is 0 Å². The number of primary amides is 1. The van der Waals surface area contributed by atoms with Crippen molar-refractivity contribution in [3.63, 3.8) is 0 Å². The molecule has 0 saturated carbocycles. The second-order valence-electron chi connectivity index (χ2n) is 7.28. The maximum absolute atomic E-state index is 12.8. The second kappa shape index (κ2) is 8.70. The van der Waals surface area contributed by atoms with Crippen molar-refractivity contribution < 1.29 is 9.53 Å². The number of carbonyl (C=O) groups is 1. The normalized spacial score (nSPS) is 16.4. The van der Waals surface area contributed by atoms with Crippen LogP contribution < -0.4 is 27.1 Å². The summed E-state index contributed by atoms with van der Waals surface area (Å²) < 4.78 is 7.20. The van der Waals surface area contributed by atoms with E-state index in [9.17, 15) is 9.59 Å². The third kappa shape index (κ3) is 3.94. The number of amides is 1. The molecule has 0 bridgehead atoms. The number of nitrogens with zero attached hydrogens (tertiary/aromatic N) is 4. The van der Waals surface area contributed by atoms with Crippen LogP contribution in [-0.2, 0) is 11.3 Å². The van der Waals surface area contributed by atoms with Crippen molar-refractivity contribution in [3.05, 3.63) is 52.3 Å². The number of nitrogen functional groups attached to an aromatic ring is 1. The zero-order valence-corrected chi connectivity index (χ0v) is 17.2. The van der Waals surface area contributed by atoms with Gasteiger partial charge >= 0.3 is 0 Å². The lowest BCUT2D eigenvalue weighted by atomic mass is 10.1. The molecular weight excluding hydrogens is 398 g/mol. The number of aromatic nitrogens is 3. The number of fused-ring (bicyclic) bond motifs is 1. The minimum absolute atomic E-state index is 0.00533. The Morgan fingerprint density at radius 1 is 1.35 bits per heavy atom. The molecule has 3 heterocycles.